The number of benzene rings is 3. The molecule has 1 atom stereocenters. The number of methoxy groups -OCH3 is 1. The summed E-state index contributed by atoms with van der Waals surface area (Å²) in [6.45, 7) is 2.27. The minimum atomic E-state index is -0.806. The number of hydrogen-bond acceptors (Lipinski definition) is 6. The van der Waals surface area contributed by atoms with Gasteiger partial charge in [-0.25, -0.2) is 4.98 Å². The first-order valence-electron chi connectivity index (χ1n) is 12.3. The van der Waals surface area contributed by atoms with Crippen molar-refractivity contribution in [2.24, 2.45) is 0 Å². The first-order chi connectivity index (χ1) is 18.9. The van der Waals surface area contributed by atoms with E-state index in [0.29, 0.717) is 39.9 Å². The lowest BCUT2D eigenvalue weighted by atomic mass is 9.98. The second kappa shape index (κ2) is 9.93. The summed E-state index contributed by atoms with van der Waals surface area (Å²) in [6.07, 6.45) is 1.68. The SMILES string of the molecule is COc1cc(C2c3c(oc4ccc(Cl)cc4c3=O)C(=O)N2c2ccc(C)cn2)ccc1OCc1ccccc1. The molecule has 3 aromatic carbocycles. The smallest absolute Gasteiger partial charge is 0.296 e. The molecule has 0 spiro atoms. The quantitative estimate of drug-likeness (QED) is 0.246. The number of aryl methyl sites for hydroxylation is 1. The van der Waals surface area contributed by atoms with Crippen LogP contribution < -0.4 is 19.8 Å². The average Bonchev–Trinajstić information content (AvgIpc) is 3.25. The van der Waals surface area contributed by atoms with Gasteiger partial charge in [0.15, 0.2) is 16.9 Å². The third-order valence-corrected chi connectivity index (χ3v) is 6.95. The van der Waals surface area contributed by atoms with Crippen molar-refractivity contribution >= 4 is 34.3 Å². The molecule has 39 heavy (non-hydrogen) atoms. The third-order valence-electron chi connectivity index (χ3n) is 6.72. The molecule has 2 aromatic heterocycles. The number of hydrogen-bond donors (Lipinski definition) is 0. The van der Waals surface area contributed by atoms with Crippen LogP contribution in [0.1, 0.15) is 38.9 Å². The molecule has 0 radical (unpaired) electrons. The Hall–Kier alpha value is -4.62. The van der Waals surface area contributed by atoms with Crippen molar-refractivity contribution in [3.63, 3.8) is 0 Å². The maximum absolute atomic E-state index is 13.8. The summed E-state index contributed by atoms with van der Waals surface area (Å²) in [6, 6.07) is 22.7. The number of pyridine rings is 1. The van der Waals surface area contributed by atoms with Gasteiger partial charge in [-0.2, -0.15) is 0 Å². The molecule has 3 heterocycles. The molecular formula is C31H23ClN2O5. The Bertz CT molecular complexity index is 1770. The average molecular weight is 539 g/mol. The molecule has 194 valence electrons. The predicted molar refractivity (Wildman–Crippen MR) is 149 cm³/mol. The van der Waals surface area contributed by atoms with E-state index in [4.69, 9.17) is 25.5 Å². The van der Waals surface area contributed by atoms with E-state index >= 15 is 0 Å². The number of fused-ring (bicyclic) bond motifs is 2. The topological polar surface area (TPSA) is 81.9 Å². The number of amides is 1. The monoisotopic (exact) mass is 538 g/mol. The van der Waals surface area contributed by atoms with Gasteiger partial charge in [0, 0.05) is 11.2 Å². The molecule has 1 aliphatic rings. The molecule has 1 unspecified atom stereocenters. The highest BCUT2D eigenvalue weighted by molar-refractivity contribution is 6.31. The van der Waals surface area contributed by atoms with Crippen LogP contribution in [0, 0.1) is 6.92 Å². The van der Waals surface area contributed by atoms with Gasteiger partial charge < -0.3 is 13.9 Å². The van der Waals surface area contributed by atoms with Gasteiger partial charge in [0.2, 0.25) is 5.76 Å². The lowest BCUT2D eigenvalue weighted by molar-refractivity contribution is 0.0970. The summed E-state index contributed by atoms with van der Waals surface area (Å²) >= 11 is 6.20. The summed E-state index contributed by atoms with van der Waals surface area (Å²) in [4.78, 5) is 33.6. The Morgan fingerprint density at radius 3 is 2.54 bits per heavy atom. The van der Waals surface area contributed by atoms with Crippen molar-refractivity contribution in [1.82, 2.24) is 4.98 Å². The number of carbonyl (C=O) groups excluding carboxylic acids is 1. The van der Waals surface area contributed by atoms with Crippen LogP contribution in [-0.2, 0) is 6.61 Å². The van der Waals surface area contributed by atoms with E-state index < -0.39 is 11.9 Å². The highest BCUT2D eigenvalue weighted by Crippen LogP contribution is 2.43. The molecule has 0 aliphatic carbocycles. The fourth-order valence-electron chi connectivity index (χ4n) is 4.81. The number of ether oxygens (including phenoxy) is 2. The van der Waals surface area contributed by atoms with Crippen LogP contribution in [0.4, 0.5) is 5.82 Å². The Morgan fingerprint density at radius 2 is 1.79 bits per heavy atom. The molecule has 0 fully saturated rings. The van der Waals surface area contributed by atoms with Gasteiger partial charge in [-0.15, -0.1) is 0 Å². The standard InChI is InChI=1S/C31H23ClN2O5/c1-18-8-13-26(33-16-18)34-28(27-29(35)22-15-21(32)10-12-23(22)39-30(27)31(34)36)20-9-11-24(25(14-20)37-2)38-17-19-6-4-3-5-7-19/h3-16,28H,17H2,1-2H3. The zero-order chi connectivity index (χ0) is 27.1. The van der Waals surface area contributed by atoms with Crippen molar-refractivity contribution < 1.29 is 18.7 Å². The Balaban J connectivity index is 1.49. The Kier molecular flexibility index (Phi) is 6.29. The molecule has 0 saturated heterocycles. The summed E-state index contributed by atoms with van der Waals surface area (Å²) < 4.78 is 17.7. The molecule has 1 amide bonds. The van der Waals surface area contributed by atoms with E-state index in [1.54, 1.807) is 49.7 Å². The fourth-order valence-corrected chi connectivity index (χ4v) is 4.98. The Labute approximate surface area is 229 Å². The molecule has 7 nitrogen and oxygen atoms in total. The maximum Gasteiger partial charge on any atom is 0.296 e. The molecule has 5 aromatic rings. The summed E-state index contributed by atoms with van der Waals surface area (Å²) in [5, 5.41) is 0.696. The van der Waals surface area contributed by atoms with E-state index in [2.05, 4.69) is 4.98 Å². The largest absolute Gasteiger partial charge is 0.493 e. The molecule has 6 rings (SSSR count). The van der Waals surface area contributed by atoms with E-state index in [1.165, 1.54) is 4.90 Å². The Morgan fingerprint density at radius 1 is 0.974 bits per heavy atom. The zero-order valence-electron chi connectivity index (χ0n) is 21.2. The first kappa shape index (κ1) is 24.7. The summed E-state index contributed by atoms with van der Waals surface area (Å²) in [7, 11) is 1.55. The van der Waals surface area contributed by atoms with Gasteiger partial charge >= 0.3 is 0 Å². The molecule has 0 N–H and O–H groups in total. The number of halogens is 1. The second-order valence-electron chi connectivity index (χ2n) is 9.27. The number of aromatic nitrogens is 1. The van der Waals surface area contributed by atoms with Gasteiger partial charge in [0.05, 0.1) is 24.1 Å². The molecule has 0 bridgehead atoms. The van der Waals surface area contributed by atoms with Crippen molar-refractivity contribution in [3.8, 4) is 11.5 Å². The van der Waals surface area contributed by atoms with Crippen LogP contribution in [0.5, 0.6) is 11.5 Å². The zero-order valence-corrected chi connectivity index (χ0v) is 21.9. The highest BCUT2D eigenvalue weighted by Gasteiger charge is 2.44. The van der Waals surface area contributed by atoms with E-state index in [-0.39, 0.29) is 22.3 Å². The molecule has 0 saturated carbocycles. The van der Waals surface area contributed by atoms with Crippen LogP contribution in [-0.4, -0.2) is 18.0 Å². The van der Waals surface area contributed by atoms with Crippen LogP contribution in [0.15, 0.2) is 94.3 Å². The van der Waals surface area contributed by atoms with Crippen LogP contribution in [0.3, 0.4) is 0 Å². The normalized spacial score (nSPS) is 14.5. The van der Waals surface area contributed by atoms with Crippen molar-refractivity contribution in [1.29, 1.82) is 0 Å². The maximum atomic E-state index is 13.8. The highest BCUT2D eigenvalue weighted by atomic mass is 35.5. The van der Waals surface area contributed by atoms with E-state index in [9.17, 15) is 9.59 Å². The number of nitrogens with zero attached hydrogens (tertiary/aromatic N) is 2. The van der Waals surface area contributed by atoms with Crippen LogP contribution in [0.2, 0.25) is 5.02 Å². The van der Waals surface area contributed by atoms with E-state index in [0.717, 1.165) is 11.1 Å². The second-order valence-corrected chi connectivity index (χ2v) is 9.71. The molecule has 8 heteroatoms. The first-order valence-corrected chi connectivity index (χ1v) is 12.7. The van der Waals surface area contributed by atoms with Crippen LogP contribution >= 0.6 is 11.6 Å². The van der Waals surface area contributed by atoms with Crippen molar-refractivity contribution in [2.45, 2.75) is 19.6 Å². The van der Waals surface area contributed by atoms with Gasteiger partial charge in [-0.05, 0) is 60.0 Å². The van der Waals surface area contributed by atoms with Crippen molar-refractivity contribution in [3.05, 3.63) is 128 Å². The lowest BCUT2D eigenvalue weighted by Crippen LogP contribution is -2.30. The van der Waals surface area contributed by atoms with Crippen molar-refractivity contribution in [2.75, 3.05) is 12.0 Å². The number of anilines is 1. The predicted octanol–water partition coefficient (Wildman–Crippen LogP) is 6.49. The number of carbonyl (C=O) groups is 1. The lowest BCUT2D eigenvalue weighted by Gasteiger charge is -2.25. The van der Waals surface area contributed by atoms with Crippen LogP contribution in [0.25, 0.3) is 11.0 Å². The minimum Gasteiger partial charge on any atom is -0.493 e. The van der Waals surface area contributed by atoms with Gasteiger partial charge in [-0.3, -0.25) is 14.5 Å². The summed E-state index contributed by atoms with van der Waals surface area (Å²) in [5.74, 6) is 0.919. The van der Waals surface area contributed by atoms with Gasteiger partial charge in [-0.1, -0.05) is 54.1 Å². The molecule has 1 aliphatic heterocycles. The van der Waals surface area contributed by atoms with Gasteiger partial charge in [0.25, 0.3) is 5.91 Å². The fraction of sp³-hybridized carbons (Fsp3) is 0.129. The van der Waals surface area contributed by atoms with E-state index in [1.807, 2.05) is 49.4 Å². The summed E-state index contributed by atoms with van der Waals surface area (Å²) in [5.41, 5.74) is 2.77. The number of rotatable bonds is 6. The molecular weight excluding hydrogens is 516 g/mol. The van der Waals surface area contributed by atoms with Gasteiger partial charge in [0.1, 0.15) is 18.0 Å². The minimum absolute atomic E-state index is 0.0226. The third kappa shape index (κ3) is 4.41.